The summed E-state index contributed by atoms with van der Waals surface area (Å²) in [6, 6.07) is 11.0. The Labute approximate surface area is 167 Å². The number of carbonyl (C=O) groups excluding carboxylic acids is 2. The van der Waals surface area contributed by atoms with Gasteiger partial charge in [0.1, 0.15) is 0 Å². The molecule has 0 aliphatic rings. The largest absolute Gasteiger partial charge is 0.416 e. The number of rotatable bonds is 7. The molecule has 29 heavy (non-hydrogen) atoms. The van der Waals surface area contributed by atoms with Gasteiger partial charge in [0, 0.05) is 11.4 Å². The average Bonchev–Trinajstić information content (AvgIpc) is 2.67. The molecule has 156 valence electrons. The highest BCUT2D eigenvalue weighted by molar-refractivity contribution is 5.96. The molecule has 2 amide bonds. The Hall–Kier alpha value is -2.87. The molecular formula is C21H24F3N3O2. The molecule has 0 fully saturated rings. The quantitative estimate of drug-likeness (QED) is 0.724. The summed E-state index contributed by atoms with van der Waals surface area (Å²) >= 11 is 0. The summed E-state index contributed by atoms with van der Waals surface area (Å²) in [6.45, 7) is 3.59. The Morgan fingerprint density at radius 2 is 1.66 bits per heavy atom. The molecule has 2 rings (SSSR count). The van der Waals surface area contributed by atoms with Gasteiger partial charge in [-0.2, -0.15) is 13.2 Å². The van der Waals surface area contributed by atoms with E-state index in [2.05, 4.69) is 10.6 Å². The van der Waals surface area contributed by atoms with E-state index in [1.54, 1.807) is 18.9 Å². The maximum Gasteiger partial charge on any atom is 0.416 e. The number of likely N-dealkylation sites (N-methyl/N-ethyl adjacent to an activating group) is 1. The molecule has 0 aromatic heterocycles. The van der Waals surface area contributed by atoms with Crippen molar-refractivity contribution in [3.05, 3.63) is 59.7 Å². The van der Waals surface area contributed by atoms with Crippen molar-refractivity contribution in [1.29, 1.82) is 0 Å². The van der Waals surface area contributed by atoms with Gasteiger partial charge in [0.2, 0.25) is 11.8 Å². The summed E-state index contributed by atoms with van der Waals surface area (Å²) < 4.78 is 37.8. The minimum atomic E-state index is -4.43. The third kappa shape index (κ3) is 6.32. The molecule has 0 aliphatic carbocycles. The smallest absolute Gasteiger partial charge is 0.325 e. The van der Waals surface area contributed by atoms with Gasteiger partial charge in [0.15, 0.2) is 0 Å². The van der Waals surface area contributed by atoms with Crippen LogP contribution in [0.1, 0.15) is 25.0 Å². The third-order valence-electron chi connectivity index (χ3n) is 4.59. The van der Waals surface area contributed by atoms with Crippen molar-refractivity contribution in [2.75, 3.05) is 24.2 Å². The van der Waals surface area contributed by atoms with Crippen molar-refractivity contribution < 1.29 is 22.8 Å². The highest BCUT2D eigenvalue weighted by Gasteiger charge is 2.30. The molecule has 0 unspecified atom stereocenters. The molecular weight excluding hydrogens is 383 g/mol. The van der Waals surface area contributed by atoms with E-state index >= 15 is 0 Å². The number of hydrogen-bond donors (Lipinski definition) is 2. The minimum Gasteiger partial charge on any atom is -0.325 e. The summed E-state index contributed by atoms with van der Waals surface area (Å²) in [5, 5.41) is 5.40. The van der Waals surface area contributed by atoms with E-state index in [1.165, 1.54) is 12.1 Å². The van der Waals surface area contributed by atoms with Crippen LogP contribution in [0.2, 0.25) is 0 Å². The second-order valence-corrected chi connectivity index (χ2v) is 6.71. The first-order valence-corrected chi connectivity index (χ1v) is 9.18. The molecule has 2 aromatic carbocycles. The fraction of sp³-hybridized carbons (Fsp3) is 0.333. The molecule has 5 nitrogen and oxygen atoms in total. The average molecular weight is 407 g/mol. The number of carbonyl (C=O) groups is 2. The number of alkyl halides is 3. The number of nitrogens with one attached hydrogen (secondary N) is 2. The highest BCUT2D eigenvalue weighted by atomic mass is 19.4. The second kappa shape index (κ2) is 9.56. The summed E-state index contributed by atoms with van der Waals surface area (Å²) in [7, 11) is 1.63. The lowest BCUT2D eigenvalue weighted by Crippen LogP contribution is -2.43. The maximum atomic E-state index is 12.6. The zero-order chi connectivity index (χ0) is 21.6. The van der Waals surface area contributed by atoms with Crippen LogP contribution in [-0.4, -0.2) is 36.3 Å². The molecule has 0 bridgehead atoms. The number of halogens is 3. The van der Waals surface area contributed by atoms with Gasteiger partial charge in [0.25, 0.3) is 0 Å². The van der Waals surface area contributed by atoms with Crippen LogP contribution in [0.4, 0.5) is 24.5 Å². The standard InChI is InChI=1S/C21H24F3N3O2/c1-4-15-7-5-6-8-18(15)26-19(28)13-27(3)14(2)20(29)25-17-11-9-16(10-12-17)21(22,23)24/h5-12,14H,4,13H2,1-3H3,(H,25,29)(H,26,28)/t14-/m0/s1. The minimum absolute atomic E-state index is 0.0142. The molecule has 0 saturated heterocycles. The lowest BCUT2D eigenvalue weighted by Gasteiger charge is -2.23. The predicted octanol–water partition coefficient (Wildman–Crippen LogP) is 4.17. The Bertz CT molecular complexity index is 851. The molecule has 0 aliphatic heterocycles. The Balaban J connectivity index is 1.92. The Morgan fingerprint density at radius 3 is 2.24 bits per heavy atom. The number of hydrogen-bond acceptors (Lipinski definition) is 3. The highest BCUT2D eigenvalue weighted by Crippen LogP contribution is 2.29. The number of para-hydroxylation sites is 1. The van der Waals surface area contributed by atoms with Crippen LogP contribution in [0, 0.1) is 0 Å². The lowest BCUT2D eigenvalue weighted by molar-refractivity contribution is -0.137. The van der Waals surface area contributed by atoms with Crippen LogP contribution in [0.3, 0.4) is 0 Å². The fourth-order valence-electron chi connectivity index (χ4n) is 2.69. The van der Waals surface area contributed by atoms with Crippen LogP contribution < -0.4 is 10.6 Å². The van der Waals surface area contributed by atoms with Gasteiger partial charge in [-0.25, -0.2) is 0 Å². The van der Waals surface area contributed by atoms with Crippen molar-refractivity contribution in [3.8, 4) is 0 Å². The SMILES string of the molecule is CCc1ccccc1NC(=O)CN(C)[C@@H](C)C(=O)Nc1ccc(C(F)(F)F)cc1. The zero-order valence-electron chi connectivity index (χ0n) is 16.5. The fourth-order valence-corrected chi connectivity index (χ4v) is 2.69. The summed E-state index contributed by atoms with van der Waals surface area (Å²) in [5.41, 5.74) is 1.21. The number of nitrogens with zero attached hydrogens (tertiary/aromatic N) is 1. The van der Waals surface area contributed by atoms with E-state index < -0.39 is 23.7 Å². The van der Waals surface area contributed by atoms with Crippen LogP contribution in [0.15, 0.2) is 48.5 Å². The first-order chi connectivity index (χ1) is 13.6. The van der Waals surface area contributed by atoms with Crippen molar-refractivity contribution in [2.24, 2.45) is 0 Å². The van der Waals surface area contributed by atoms with Crippen molar-refractivity contribution in [2.45, 2.75) is 32.5 Å². The van der Waals surface area contributed by atoms with Crippen molar-refractivity contribution >= 4 is 23.2 Å². The van der Waals surface area contributed by atoms with E-state index in [9.17, 15) is 22.8 Å². The van der Waals surface area contributed by atoms with E-state index in [-0.39, 0.29) is 18.1 Å². The monoisotopic (exact) mass is 407 g/mol. The molecule has 0 radical (unpaired) electrons. The maximum absolute atomic E-state index is 12.6. The number of aryl methyl sites for hydroxylation is 1. The second-order valence-electron chi connectivity index (χ2n) is 6.71. The van der Waals surface area contributed by atoms with Crippen LogP contribution in [0.5, 0.6) is 0 Å². The van der Waals surface area contributed by atoms with Gasteiger partial charge in [-0.05, 0) is 56.3 Å². The van der Waals surface area contributed by atoms with Gasteiger partial charge < -0.3 is 10.6 Å². The Morgan fingerprint density at radius 1 is 1.03 bits per heavy atom. The van der Waals surface area contributed by atoms with Crippen LogP contribution >= 0.6 is 0 Å². The zero-order valence-corrected chi connectivity index (χ0v) is 16.5. The number of benzene rings is 2. The first-order valence-electron chi connectivity index (χ1n) is 9.18. The van der Waals surface area contributed by atoms with Crippen LogP contribution in [-0.2, 0) is 22.2 Å². The topological polar surface area (TPSA) is 61.4 Å². The van der Waals surface area contributed by atoms with E-state index in [1.807, 2.05) is 31.2 Å². The van der Waals surface area contributed by atoms with E-state index in [4.69, 9.17) is 0 Å². The molecule has 0 spiro atoms. The van der Waals surface area contributed by atoms with E-state index in [0.717, 1.165) is 29.8 Å². The summed E-state index contributed by atoms with van der Waals surface area (Å²) in [4.78, 5) is 26.2. The third-order valence-corrected chi connectivity index (χ3v) is 4.59. The van der Waals surface area contributed by atoms with Gasteiger partial charge in [-0.15, -0.1) is 0 Å². The summed E-state index contributed by atoms with van der Waals surface area (Å²) in [6.07, 6.45) is -3.65. The lowest BCUT2D eigenvalue weighted by atomic mass is 10.1. The Kier molecular flexibility index (Phi) is 7.39. The molecule has 0 heterocycles. The van der Waals surface area contributed by atoms with Gasteiger partial charge in [0.05, 0.1) is 18.2 Å². The predicted molar refractivity (Wildman–Crippen MR) is 107 cm³/mol. The molecule has 0 saturated carbocycles. The molecule has 2 N–H and O–H groups in total. The van der Waals surface area contributed by atoms with E-state index in [0.29, 0.717) is 0 Å². The first kappa shape index (κ1) is 22.4. The summed E-state index contributed by atoms with van der Waals surface area (Å²) in [5.74, 6) is -0.684. The molecule has 2 aromatic rings. The molecule has 8 heteroatoms. The van der Waals surface area contributed by atoms with Gasteiger partial charge in [-0.3, -0.25) is 14.5 Å². The number of anilines is 2. The van der Waals surface area contributed by atoms with Crippen molar-refractivity contribution in [1.82, 2.24) is 4.90 Å². The van der Waals surface area contributed by atoms with Gasteiger partial charge in [-0.1, -0.05) is 25.1 Å². The van der Waals surface area contributed by atoms with Crippen molar-refractivity contribution in [3.63, 3.8) is 0 Å². The molecule has 1 atom stereocenters. The van der Waals surface area contributed by atoms with Gasteiger partial charge >= 0.3 is 6.18 Å². The van der Waals surface area contributed by atoms with Crippen LogP contribution in [0.25, 0.3) is 0 Å². The normalized spacial score (nSPS) is 12.5. The number of amides is 2.